The van der Waals surface area contributed by atoms with Crippen molar-refractivity contribution in [2.45, 2.75) is 24.8 Å². The zero-order valence-electron chi connectivity index (χ0n) is 16.9. The molecule has 0 saturated heterocycles. The van der Waals surface area contributed by atoms with E-state index in [1.165, 1.54) is 38.1 Å². The topological polar surface area (TPSA) is 120 Å². The van der Waals surface area contributed by atoms with Crippen molar-refractivity contribution in [3.05, 3.63) is 48.5 Å². The van der Waals surface area contributed by atoms with Crippen LogP contribution in [0.3, 0.4) is 0 Å². The molecule has 9 nitrogen and oxygen atoms in total. The van der Waals surface area contributed by atoms with E-state index in [-0.39, 0.29) is 24.0 Å². The number of ether oxygens (including phenoxy) is 3. The normalized spacial score (nSPS) is 12.0. The molecule has 0 bridgehead atoms. The summed E-state index contributed by atoms with van der Waals surface area (Å²) in [5.74, 6) is 0.283. The number of anilines is 1. The average molecular weight is 436 g/mol. The molecule has 0 spiro atoms. The highest BCUT2D eigenvalue weighted by molar-refractivity contribution is 7.89. The molecule has 10 heteroatoms. The molecule has 0 radical (unpaired) electrons. The van der Waals surface area contributed by atoms with E-state index in [0.29, 0.717) is 17.2 Å². The Morgan fingerprint density at radius 3 is 2.13 bits per heavy atom. The molecule has 1 atom stereocenters. The van der Waals surface area contributed by atoms with Crippen LogP contribution in [0.15, 0.2) is 53.4 Å². The van der Waals surface area contributed by atoms with Crippen LogP contribution in [0.25, 0.3) is 0 Å². The fraction of sp³-hybridized carbons (Fsp3) is 0.300. The zero-order valence-corrected chi connectivity index (χ0v) is 17.7. The van der Waals surface area contributed by atoms with Crippen molar-refractivity contribution in [2.24, 2.45) is 0 Å². The lowest BCUT2D eigenvalue weighted by molar-refractivity contribution is -0.145. The minimum absolute atomic E-state index is 0.0393. The van der Waals surface area contributed by atoms with Gasteiger partial charge in [-0.3, -0.25) is 9.59 Å². The Hall–Kier alpha value is -3.11. The van der Waals surface area contributed by atoms with Crippen LogP contribution in [0.4, 0.5) is 5.69 Å². The van der Waals surface area contributed by atoms with Crippen LogP contribution in [-0.4, -0.2) is 46.7 Å². The van der Waals surface area contributed by atoms with Gasteiger partial charge in [-0.05, 0) is 55.5 Å². The van der Waals surface area contributed by atoms with Gasteiger partial charge in [-0.1, -0.05) is 0 Å². The van der Waals surface area contributed by atoms with Crippen LogP contribution < -0.4 is 19.5 Å². The molecule has 2 aromatic rings. The van der Waals surface area contributed by atoms with E-state index in [2.05, 4.69) is 10.0 Å². The molecule has 2 rings (SSSR count). The number of amides is 1. The molecule has 2 N–H and O–H groups in total. The third-order valence-corrected chi connectivity index (χ3v) is 5.38. The van der Waals surface area contributed by atoms with Gasteiger partial charge in [0.1, 0.15) is 30.8 Å². The summed E-state index contributed by atoms with van der Waals surface area (Å²) in [6, 6.07) is 11.4. The number of carbonyl (C=O) groups excluding carboxylic acids is 2. The van der Waals surface area contributed by atoms with Gasteiger partial charge >= 0.3 is 5.97 Å². The van der Waals surface area contributed by atoms with E-state index in [1.807, 2.05) is 0 Å². The summed E-state index contributed by atoms with van der Waals surface area (Å²) in [6.07, 6.45) is 0. The maximum absolute atomic E-state index is 12.4. The van der Waals surface area contributed by atoms with Gasteiger partial charge in [-0.15, -0.1) is 0 Å². The minimum Gasteiger partial charge on any atom is -0.497 e. The first-order valence-electron chi connectivity index (χ1n) is 9.05. The first-order valence-corrected chi connectivity index (χ1v) is 10.5. The molecule has 2 aromatic carbocycles. The Kier molecular flexibility index (Phi) is 8.19. The molecule has 0 aromatic heterocycles. The van der Waals surface area contributed by atoms with Gasteiger partial charge < -0.3 is 19.5 Å². The Morgan fingerprint density at radius 2 is 1.57 bits per heavy atom. The van der Waals surface area contributed by atoms with Crippen molar-refractivity contribution in [2.75, 3.05) is 25.6 Å². The van der Waals surface area contributed by atoms with Crippen molar-refractivity contribution in [1.82, 2.24) is 4.72 Å². The molecular formula is C20H24N2O7S. The van der Waals surface area contributed by atoms with Gasteiger partial charge in [0.2, 0.25) is 15.9 Å². The predicted octanol–water partition coefficient (Wildman–Crippen LogP) is 1.94. The van der Waals surface area contributed by atoms with Gasteiger partial charge in [0, 0.05) is 12.6 Å². The van der Waals surface area contributed by atoms with E-state index in [0.717, 1.165) is 0 Å². The van der Waals surface area contributed by atoms with Crippen molar-refractivity contribution in [1.29, 1.82) is 0 Å². The Bertz CT molecular complexity index is 958. The second-order valence-corrected chi connectivity index (χ2v) is 7.95. The van der Waals surface area contributed by atoms with Gasteiger partial charge in [-0.2, -0.15) is 4.72 Å². The third kappa shape index (κ3) is 7.05. The molecule has 0 saturated carbocycles. The lowest BCUT2D eigenvalue weighted by Crippen LogP contribution is -2.39. The first kappa shape index (κ1) is 23.2. The van der Waals surface area contributed by atoms with Crippen LogP contribution in [0.1, 0.15) is 13.8 Å². The van der Waals surface area contributed by atoms with Crippen molar-refractivity contribution < 1.29 is 32.2 Å². The Labute approximate surface area is 175 Å². The molecule has 0 aliphatic heterocycles. The van der Waals surface area contributed by atoms with Gasteiger partial charge in [0.05, 0.1) is 12.0 Å². The van der Waals surface area contributed by atoms with Gasteiger partial charge in [0.15, 0.2) is 0 Å². The monoisotopic (exact) mass is 436 g/mol. The zero-order chi connectivity index (χ0) is 22.1. The summed E-state index contributed by atoms with van der Waals surface area (Å²) in [4.78, 5) is 23.0. The summed E-state index contributed by atoms with van der Waals surface area (Å²) >= 11 is 0. The quantitative estimate of drug-likeness (QED) is 0.431. The fourth-order valence-corrected chi connectivity index (χ4v) is 3.56. The maximum Gasteiger partial charge on any atom is 0.324 e. The third-order valence-electron chi connectivity index (χ3n) is 3.83. The number of methoxy groups -OCH3 is 1. The molecule has 0 aliphatic rings. The first-order chi connectivity index (χ1) is 14.2. The summed E-state index contributed by atoms with van der Waals surface area (Å²) < 4.78 is 42.6. The van der Waals surface area contributed by atoms with Crippen LogP contribution in [0.2, 0.25) is 0 Å². The number of nitrogens with one attached hydrogen (secondary N) is 2. The summed E-state index contributed by atoms with van der Waals surface area (Å²) in [6.45, 7) is 2.81. The number of hydrogen-bond donors (Lipinski definition) is 2. The summed E-state index contributed by atoms with van der Waals surface area (Å²) in [5.41, 5.74) is 0.464. The standard InChI is InChI=1S/C20H24N2O7S/c1-14(20(24)29-13-12-28-18-8-6-17(27-3)7-9-18)22-30(25,26)19-10-4-16(5-11-19)21-15(2)23/h4-11,14,22H,12-13H2,1-3H3,(H,21,23)/t14-/m0/s1. The molecule has 30 heavy (non-hydrogen) atoms. The number of rotatable bonds is 10. The van der Waals surface area contributed by atoms with Gasteiger partial charge in [0.25, 0.3) is 0 Å². The number of sulfonamides is 1. The van der Waals surface area contributed by atoms with Crippen molar-refractivity contribution >= 4 is 27.6 Å². The van der Waals surface area contributed by atoms with Gasteiger partial charge in [-0.25, -0.2) is 8.42 Å². The summed E-state index contributed by atoms with van der Waals surface area (Å²) in [7, 11) is -2.38. The maximum atomic E-state index is 12.4. The molecule has 0 unspecified atom stereocenters. The van der Waals surface area contributed by atoms with Crippen LogP contribution in [0.5, 0.6) is 11.5 Å². The molecule has 1 amide bonds. The van der Waals surface area contributed by atoms with Crippen molar-refractivity contribution in [3.8, 4) is 11.5 Å². The SMILES string of the molecule is COc1ccc(OCCOC(=O)[C@H](C)NS(=O)(=O)c2ccc(NC(C)=O)cc2)cc1. The largest absolute Gasteiger partial charge is 0.497 e. The van der Waals surface area contributed by atoms with Crippen LogP contribution >= 0.6 is 0 Å². The van der Waals surface area contributed by atoms with E-state index in [4.69, 9.17) is 14.2 Å². The molecule has 0 heterocycles. The fourth-order valence-electron chi connectivity index (χ4n) is 2.37. The van der Waals surface area contributed by atoms with Crippen LogP contribution in [-0.2, 0) is 24.3 Å². The predicted molar refractivity (Wildman–Crippen MR) is 110 cm³/mol. The highest BCUT2D eigenvalue weighted by atomic mass is 32.2. The van der Waals surface area contributed by atoms with Crippen molar-refractivity contribution in [3.63, 3.8) is 0 Å². The average Bonchev–Trinajstić information content (AvgIpc) is 2.71. The molecular weight excluding hydrogens is 412 g/mol. The minimum atomic E-state index is -3.94. The van der Waals surface area contributed by atoms with Crippen LogP contribution in [0, 0.1) is 0 Å². The second kappa shape index (κ2) is 10.6. The number of carbonyl (C=O) groups is 2. The van der Waals surface area contributed by atoms with E-state index in [9.17, 15) is 18.0 Å². The lowest BCUT2D eigenvalue weighted by atomic mass is 10.3. The molecule has 162 valence electrons. The smallest absolute Gasteiger partial charge is 0.324 e. The van der Waals surface area contributed by atoms with E-state index in [1.54, 1.807) is 31.4 Å². The lowest BCUT2D eigenvalue weighted by Gasteiger charge is -2.14. The Balaban J connectivity index is 1.81. The number of benzene rings is 2. The summed E-state index contributed by atoms with van der Waals surface area (Å²) in [5, 5.41) is 2.54. The highest BCUT2D eigenvalue weighted by Crippen LogP contribution is 2.17. The second-order valence-electron chi connectivity index (χ2n) is 6.24. The van der Waals surface area contributed by atoms with E-state index >= 15 is 0 Å². The Morgan fingerprint density at radius 1 is 0.967 bits per heavy atom. The molecule has 0 aliphatic carbocycles. The van der Waals surface area contributed by atoms with E-state index < -0.39 is 22.0 Å². The highest BCUT2D eigenvalue weighted by Gasteiger charge is 2.23. The number of hydrogen-bond acceptors (Lipinski definition) is 7. The molecule has 0 fully saturated rings. The number of esters is 1.